The lowest BCUT2D eigenvalue weighted by molar-refractivity contribution is 0.301. The van der Waals surface area contributed by atoms with Crippen LogP contribution in [0.5, 0.6) is 0 Å². The summed E-state index contributed by atoms with van der Waals surface area (Å²) in [6, 6.07) is 2.12. The van der Waals surface area contributed by atoms with Gasteiger partial charge in [0.05, 0.1) is 0 Å². The molecular weight excluding hydrogens is 136 g/mol. The smallest absolute Gasteiger partial charge is 0.0316 e. The first kappa shape index (κ1) is 6.80. The van der Waals surface area contributed by atoms with Crippen molar-refractivity contribution < 1.29 is 0 Å². The van der Waals surface area contributed by atoms with Crippen LogP contribution in [0.1, 0.15) is 18.1 Å². The van der Waals surface area contributed by atoms with E-state index in [1.807, 2.05) is 12.4 Å². The predicted molar refractivity (Wildman–Crippen MR) is 44.0 cm³/mol. The summed E-state index contributed by atoms with van der Waals surface area (Å²) in [5.41, 5.74) is 2.84. The van der Waals surface area contributed by atoms with Crippen LogP contribution in [0.4, 0.5) is 0 Å². The van der Waals surface area contributed by atoms with Gasteiger partial charge < -0.3 is 0 Å². The largest absolute Gasteiger partial charge is 0.295 e. The zero-order chi connectivity index (χ0) is 7.68. The van der Waals surface area contributed by atoms with Gasteiger partial charge in [-0.15, -0.1) is 0 Å². The first-order valence-corrected chi connectivity index (χ1v) is 4.04. The van der Waals surface area contributed by atoms with Crippen molar-refractivity contribution in [2.24, 2.45) is 0 Å². The molecule has 0 aromatic carbocycles. The number of nitrogens with zero attached hydrogens (tertiary/aromatic N) is 2. The van der Waals surface area contributed by atoms with Gasteiger partial charge in [-0.05, 0) is 23.7 Å². The summed E-state index contributed by atoms with van der Waals surface area (Å²) in [7, 11) is 0. The highest BCUT2D eigenvalue weighted by molar-refractivity contribution is 5.26. The lowest BCUT2D eigenvalue weighted by Gasteiger charge is -2.09. The average Bonchev–Trinajstić information content (AvgIpc) is 2.46. The Morgan fingerprint density at radius 3 is 3.00 bits per heavy atom. The summed E-state index contributed by atoms with van der Waals surface area (Å²) >= 11 is 0. The van der Waals surface area contributed by atoms with E-state index in [1.54, 1.807) is 0 Å². The number of fused-ring (bicyclic) bond motifs is 1. The number of pyridine rings is 1. The van der Waals surface area contributed by atoms with Crippen molar-refractivity contribution >= 4 is 0 Å². The Bertz CT molecular complexity index is 232. The third-order valence-electron chi connectivity index (χ3n) is 2.24. The maximum atomic E-state index is 4.10. The molecule has 2 heteroatoms. The predicted octanol–water partition coefficient (Wildman–Crippen LogP) is 1.42. The first-order chi connectivity index (χ1) is 5.40. The topological polar surface area (TPSA) is 16.1 Å². The van der Waals surface area contributed by atoms with Crippen LogP contribution < -0.4 is 0 Å². The van der Waals surface area contributed by atoms with Crippen LogP contribution in [-0.4, -0.2) is 16.4 Å². The number of aromatic nitrogens is 1. The minimum atomic E-state index is 1.08. The lowest BCUT2D eigenvalue weighted by Crippen LogP contribution is -2.14. The Balaban J connectivity index is 2.27. The Labute approximate surface area is 66.9 Å². The van der Waals surface area contributed by atoms with Gasteiger partial charge in [0, 0.05) is 25.5 Å². The minimum absolute atomic E-state index is 1.08. The molecule has 0 fully saturated rings. The Morgan fingerprint density at radius 2 is 2.27 bits per heavy atom. The Kier molecular flexibility index (Phi) is 1.62. The van der Waals surface area contributed by atoms with Gasteiger partial charge >= 0.3 is 0 Å². The van der Waals surface area contributed by atoms with Gasteiger partial charge in [0.25, 0.3) is 0 Å². The molecule has 58 valence electrons. The summed E-state index contributed by atoms with van der Waals surface area (Å²) in [5.74, 6) is 0. The average molecular weight is 148 g/mol. The Morgan fingerprint density at radius 1 is 1.45 bits per heavy atom. The van der Waals surface area contributed by atoms with Gasteiger partial charge in [-0.2, -0.15) is 0 Å². The van der Waals surface area contributed by atoms with Crippen LogP contribution in [0.25, 0.3) is 0 Å². The fourth-order valence-electron chi connectivity index (χ4n) is 1.51. The molecule has 11 heavy (non-hydrogen) atoms. The van der Waals surface area contributed by atoms with Gasteiger partial charge in [-0.25, -0.2) is 0 Å². The van der Waals surface area contributed by atoms with Gasteiger partial charge in [-0.3, -0.25) is 9.88 Å². The SMILES string of the molecule is CCN1Cc2ccncc2C1. The molecule has 0 amide bonds. The van der Waals surface area contributed by atoms with Gasteiger partial charge in [0.15, 0.2) is 0 Å². The van der Waals surface area contributed by atoms with Gasteiger partial charge in [0.1, 0.15) is 0 Å². The van der Waals surface area contributed by atoms with Gasteiger partial charge in [0.2, 0.25) is 0 Å². The monoisotopic (exact) mass is 148 g/mol. The highest BCUT2D eigenvalue weighted by Crippen LogP contribution is 2.20. The van der Waals surface area contributed by atoms with Crippen molar-refractivity contribution in [3.63, 3.8) is 0 Å². The quantitative estimate of drug-likeness (QED) is 0.598. The summed E-state index contributed by atoms with van der Waals surface area (Å²) in [6.45, 7) is 5.52. The van der Waals surface area contributed by atoms with Crippen LogP contribution in [0.3, 0.4) is 0 Å². The molecule has 0 N–H and O–H groups in total. The van der Waals surface area contributed by atoms with Crippen molar-refractivity contribution in [2.75, 3.05) is 6.54 Å². The van der Waals surface area contributed by atoms with Crippen molar-refractivity contribution in [1.29, 1.82) is 0 Å². The highest BCUT2D eigenvalue weighted by Gasteiger charge is 2.15. The third-order valence-corrected chi connectivity index (χ3v) is 2.24. The number of hydrogen-bond acceptors (Lipinski definition) is 2. The molecule has 2 nitrogen and oxygen atoms in total. The van der Waals surface area contributed by atoms with Crippen molar-refractivity contribution in [1.82, 2.24) is 9.88 Å². The molecule has 0 saturated carbocycles. The van der Waals surface area contributed by atoms with E-state index < -0.39 is 0 Å². The summed E-state index contributed by atoms with van der Waals surface area (Å²) in [5, 5.41) is 0. The molecular formula is C9H12N2. The molecule has 1 aliphatic rings. The van der Waals surface area contributed by atoms with Gasteiger partial charge in [-0.1, -0.05) is 6.92 Å². The molecule has 2 rings (SSSR count). The fourth-order valence-corrected chi connectivity index (χ4v) is 1.51. The molecule has 0 saturated heterocycles. The molecule has 1 aromatic heterocycles. The summed E-state index contributed by atoms with van der Waals surface area (Å²) in [4.78, 5) is 6.51. The second-order valence-corrected chi connectivity index (χ2v) is 2.95. The van der Waals surface area contributed by atoms with Crippen LogP contribution in [0.15, 0.2) is 18.5 Å². The minimum Gasteiger partial charge on any atom is -0.295 e. The first-order valence-electron chi connectivity index (χ1n) is 4.04. The zero-order valence-corrected chi connectivity index (χ0v) is 6.75. The van der Waals surface area contributed by atoms with Crippen molar-refractivity contribution in [3.8, 4) is 0 Å². The fraction of sp³-hybridized carbons (Fsp3) is 0.444. The molecule has 0 spiro atoms. The molecule has 0 unspecified atom stereocenters. The second-order valence-electron chi connectivity index (χ2n) is 2.95. The van der Waals surface area contributed by atoms with E-state index in [9.17, 15) is 0 Å². The molecule has 2 heterocycles. The van der Waals surface area contributed by atoms with E-state index >= 15 is 0 Å². The molecule has 0 atom stereocenters. The third kappa shape index (κ3) is 1.14. The summed E-state index contributed by atoms with van der Waals surface area (Å²) < 4.78 is 0. The van der Waals surface area contributed by atoms with E-state index in [4.69, 9.17) is 0 Å². The Hall–Kier alpha value is -0.890. The lowest BCUT2D eigenvalue weighted by atomic mass is 10.2. The van der Waals surface area contributed by atoms with Crippen molar-refractivity contribution in [2.45, 2.75) is 20.0 Å². The molecule has 1 aliphatic heterocycles. The van der Waals surface area contributed by atoms with Crippen LogP contribution in [0, 0.1) is 0 Å². The van der Waals surface area contributed by atoms with E-state index in [0.717, 1.165) is 19.6 Å². The molecule has 0 bridgehead atoms. The highest BCUT2D eigenvalue weighted by atomic mass is 15.1. The van der Waals surface area contributed by atoms with E-state index in [2.05, 4.69) is 22.9 Å². The maximum Gasteiger partial charge on any atom is 0.0316 e. The molecule has 0 aliphatic carbocycles. The van der Waals surface area contributed by atoms with Crippen LogP contribution >= 0.6 is 0 Å². The normalized spacial score (nSPS) is 16.8. The van der Waals surface area contributed by atoms with E-state index in [0.29, 0.717) is 0 Å². The van der Waals surface area contributed by atoms with E-state index in [-0.39, 0.29) is 0 Å². The summed E-state index contributed by atoms with van der Waals surface area (Å²) in [6.07, 6.45) is 3.85. The number of rotatable bonds is 1. The maximum absolute atomic E-state index is 4.10. The van der Waals surface area contributed by atoms with E-state index in [1.165, 1.54) is 11.1 Å². The second kappa shape index (κ2) is 2.62. The molecule has 1 aromatic rings. The molecule has 0 radical (unpaired) electrons. The van der Waals surface area contributed by atoms with Crippen LogP contribution in [0.2, 0.25) is 0 Å². The van der Waals surface area contributed by atoms with Crippen LogP contribution in [-0.2, 0) is 13.1 Å². The van der Waals surface area contributed by atoms with Crippen molar-refractivity contribution in [3.05, 3.63) is 29.6 Å². The zero-order valence-electron chi connectivity index (χ0n) is 6.75. The standard InChI is InChI=1S/C9H12N2/c1-2-11-6-8-3-4-10-5-9(8)7-11/h3-5H,2,6-7H2,1H3. The number of hydrogen-bond donors (Lipinski definition) is 0.